The van der Waals surface area contributed by atoms with Gasteiger partial charge in [-0.15, -0.1) is 0 Å². The summed E-state index contributed by atoms with van der Waals surface area (Å²) in [6, 6.07) is 7.05. The Labute approximate surface area is 135 Å². The van der Waals surface area contributed by atoms with Gasteiger partial charge in [0.25, 0.3) is 5.91 Å². The van der Waals surface area contributed by atoms with E-state index in [1.54, 1.807) is 35.3 Å². The zero-order valence-corrected chi connectivity index (χ0v) is 13.4. The van der Waals surface area contributed by atoms with E-state index in [4.69, 9.17) is 4.42 Å². The van der Waals surface area contributed by atoms with Crippen LogP contribution in [0.2, 0.25) is 0 Å². The van der Waals surface area contributed by atoms with Gasteiger partial charge in [-0.2, -0.15) is 5.10 Å². The predicted molar refractivity (Wildman–Crippen MR) is 84.7 cm³/mol. The predicted octanol–water partition coefficient (Wildman–Crippen LogP) is 3.24. The van der Waals surface area contributed by atoms with E-state index in [1.165, 1.54) is 0 Å². The van der Waals surface area contributed by atoms with Crippen LogP contribution in [-0.2, 0) is 6.54 Å². The minimum absolute atomic E-state index is 0.240. The van der Waals surface area contributed by atoms with Crippen LogP contribution >= 0.6 is 15.9 Å². The molecular formula is C15H13BrN4O2. The standard InChI is InChI=1S/C15H13BrN4O2/c1-10-4-5-17-14(6-10)19-15(21)13-3-2-12(22-13)9-20-8-11(16)7-18-20/h2-8H,9H2,1H3,(H,17,19,21). The van der Waals surface area contributed by atoms with Gasteiger partial charge in [0.2, 0.25) is 0 Å². The van der Waals surface area contributed by atoms with Crippen LogP contribution in [0.1, 0.15) is 21.9 Å². The van der Waals surface area contributed by atoms with Crippen LogP contribution in [-0.4, -0.2) is 20.7 Å². The number of amides is 1. The summed E-state index contributed by atoms with van der Waals surface area (Å²) in [4.78, 5) is 16.2. The third kappa shape index (κ3) is 3.43. The molecule has 3 aromatic rings. The molecule has 7 heteroatoms. The summed E-state index contributed by atoms with van der Waals surface area (Å²) < 4.78 is 8.15. The fraction of sp³-hybridized carbons (Fsp3) is 0.133. The van der Waals surface area contributed by atoms with Gasteiger partial charge in [0.1, 0.15) is 11.6 Å². The van der Waals surface area contributed by atoms with Crippen molar-refractivity contribution >= 4 is 27.7 Å². The monoisotopic (exact) mass is 360 g/mol. The molecule has 22 heavy (non-hydrogen) atoms. The summed E-state index contributed by atoms with van der Waals surface area (Å²) in [7, 11) is 0. The molecule has 6 nitrogen and oxygen atoms in total. The molecule has 3 heterocycles. The van der Waals surface area contributed by atoms with E-state index >= 15 is 0 Å². The Morgan fingerprint density at radius 3 is 3.00 bits per heavy atom. The van der Waals surface area contributed by atoms with E-state index in [0.717, 1.165) is 10.0 Å². The largest absolute Gasteiger partial charge is 0.454 e. The third-order valence-electron chi connectivity index (χ3n) is 2.96. The van der Waals surface area contributed by atoms with Crippen molar-refractivity contribution < 1.29 is 9.21 Å². The summed E-state index contributed by atoms with van der Waals surface area (Å²) in [5, 5.41) is 6.85. The van der Waals surface area contributed by atoms with Crippen LogP contribution in [0.5, 0.6) is 0 Å². The second-order valence-electron chi connectivity index (χ2n) is 4.79. The van der Waals surface area contributed by atoms with Crippen LogP contribution in [0, 0.1) is 6.92 Å². The minimum atomic E-state index is -0.328. The molecule has 0 aliphatic carbocycles. The lowest BCUT2D eigenvalue weighted by Gasteiger charge is -2.03. The third-order valence-corrected chi connectivity index (χ3v) is 3.37. The number of halogens is 1. The molecular weight excluding hydrogens is 348 g/mol. The Kier molecular flexibility index (Phi) is 4.06. The number of carbonyl (C=O) groups excluding carboxylic acids is 1. The van der Waals surface area contributed by atoms with Gasteiger partial charge in [0, 0.05) is 12.4 Å². The maximum atomic E-state index is 12.1. The van der Waals surface area contributed by atoms with E-state index in [-0.39, 0.29) is 11.7 Å². The SMILES string of the molecule is Cc1ccnc(NC(=O)c2ccc(Cn3cc(Br)cn3)o2)c1. The van der Waals surface area contributed by atoms with Crippen molar-refractivity contribution in [2.24, 2.45) is 0 Å². The number of aromatic nitrogens is 3. The number of furan rings is 1. The first-order valence-corrected chi connectivity index (χ1v) is 7.40. The van der Waals surface area contributed by atoms with Crippen molar-refractivity contribution in [3.63, 3.8) is 0 Å². The second kappa shape index (κ2) is 6.15. The van der Waals surface area contributed by atoms with Crippen LogP contribution in [0.25, 0.3) is 0 Å². The first-order valence-electron chi connectivity index (χ1n) is 6.61. The number of carbonyl (C=O) groups is 1. The van der Waals surface area contributed by atoms with Gasteiger partial charge in [0.15, 0.2) is 5.76 Å². The molecule has 112 valence electrons. The highest BCUT2D eigenvalue weighted by Crippen LogP contribution is 2.14. The zero-order chi connectivity index (χ0) is 15.5. The number of rotatable bonds is 4. The molecule has 0 aromatic carbocycles. The molecule has 3 rings (SSSR count). The van der Waals surface area contributed by atoms with E-state index in [0.29, 0.717) is 18.1 Å². The van der Waals surface area contributed by atoms with Crippen molar-refractivity contribution in [3.05, 3.63) is 64.4 Å². The molecule has 0 saturated heterocycles. The van der Waals surface area contributed by atoms with Crippen molar-refractivity contribution in [2.45, 2.75) is 13.5 Å². The average Bonchev–Trinajstić information content (AvgIpc) is 3.09. The summed E-state index contributed by atoms with van der Waals surface area (Å²) in [5.41, 5.74) is 1.02. The van der Waals surface area contributed by atoms with Crippen LogP contribution < -0.4 is 5.32 Å². The van der Waals surface area contributed by atoms with Crippen molar-refractivity contribution in [1.29, 1.82) is 0 Å². The van der Waals surface area contributed by atoms with E-state index < -0.39 is 0 Å². The van der Waals surface area contributed by atoms with E-state index in [1.807, 2.05) is 19.2 Å². The van der Waals surface area contributed by atoms with Crippen LogP contribution in [0.4, 0.5) is 5.82 Å². The Morgan fingerprint density at radius 1 is 1.41 bits per heavy atom. The van der Waals surface area contributed by atoms with Gasteiger partial charge in [-0.1, -0.05) is 0 Å². The molecule has 0 spiro atoms. The number of aryl methyl sites for hydroxylation is 1. The molecule has 0 fully saturated rings. The Hall–Kier alpha value is -2.41. The normalized spacial score (nSPS) is 10.6. The van der Waals surface area contributed by atoms with E-state index in [2.05, 4.69) is 31.3 Å². The van der Waals surface area contributed by atoms with Gasteiger partial charge >= 0.3 is 0 Å². The molecule has 1 amide bonds. The number of pyridine rings is 1. The maximum absolute atomic E-state index is 12.1. The molecule has 0 radical (unpaired) electrons. The van der Waals surface area contributed by atoms with Gasteiger partial charge in [0.05, 0.1) is 17.2 Å². The highest BCUT2D eigenvalue weighted by molar-refractivity contribution is 9.10. The highest BCUT2D eigenvalue weighted by Gasteiger charge is 2.12. The average molecular weight is 361 g/mol. The summed E-state index contributed by atoms with van der Waals surface area (Å²) >= 11 is 3.33. The van der Waals surface area contributed by atoms with Crippen molar-refractivity contribution in [3.8, 4) is 0 Å². The quantitative estimate of drug-likeness (QED) is 0.774. The Balaban J connectivity index is 1.69. The molecule has 1 N–H and O–H groups in total. The molecule has 0 saturated carbocycles. The molecule has 0 bridgehead atoms. The number of nitrogens with one attached hydrogen (secondary N) is 1. The van der Waals surface area contributed by atoms with Crippen molar-refractivity contribution in [2.75, 3.05) is 5.32 Å². The molecule has 0 aliphatic rings. The summed E-state index contributed by atoms with van der Waals surface area (Å²) in [6.45, 7) is 2.39. The van der Waals surface area contributed by atoms with Gasteiger partial charge in [-0.3, -0.25) is 9.48 Å². The Morgan fingerprint density at radius 2 is 2.27 bits per heavy atom. The van der Waals surface area contributed by atoms with Gasteiger partial charge in [-0.05, 0) is 52.7 Å². The number of hydrogen-bond acceptors (Lipinski definition) is 4. The highest BCUT2D eigenvalue weighted by atomic mass is 79.9. The summed E-state index contributed by atoms with van der Waals surface area (Å²) in [5.74, 6) is 1.06. The lowest BCUT2D eigenvalue weighted by Crippen LogP contribution is -2.12. The van der Waals surface area contributed by atoms with Gasteiger partial charge in [-0.25, -0.2) is 4.98 Å². The molecule has 0 aliphatic heterocycles. The minimum Gasteiger partial charge on any atom is -0.454 e. The zero-order valence-electron chi connectivity index (χ0n) is 11.8. The Bertz CT molecular complexity index is 809. The second-order valence-corrected chi connectivity index (χ2v) is 5.71. The van der Waals surface area contributed by atoms with E-state index in [9.17, 15) is 4.79 Å². The lowest BCUT2D eigenvalue weighted by atomic mass is 10.3. The molecule has 3 aromatic heterocycles. The lowest BCUT2D eigenvalue weighted by molar-refractivity contribution is 0.0994. The first-order chi connectivity index (χ1) is 10.6. The fourth-order valence-electron chi connectivity index (χ4n) is 1.95. The molecule has 0 unspecified atom stereocenters. The van der Waals surface area contributed by atoms with Crippen LogP contribution in [0.3, 0.4) is 0 Å². The topological polar surface area (TPSA) is 73.0 Å². The van der Waals surface area contributed by atoms with Crippen LogP contribution in [0.15, 0.2) is 51.7 Å². The van der Waals surface area contributed by atoms with Gasteiger partial charge < -0.3 is 9.73 Å². The smallest absolute Gasteiger partial charge is 0.292 e. The molecule has 0 atom stereocenters. The number of hydrogen-bond donors (Lipinski definition) is 1. The fourth-order valence-corrected chi connectivity index (χ4v) is 2.28. The summed E-state index contributed by atoms with van der Waals surface area (Å²) in [6.07, 6.45) is 5.17. The first kappa shape index (κ1) is 14.5. The number of nitrogens with zero attached hydrogens (tertiary/aromatic N) is 3. The number of anilines is 1. The van der Waals surface area contributed by atoms with Crippen molar-refractivity contribution in [1.82, 2.24) is 14.8 Å². The maximum Gasteiger partial charge on any atom is 0.292 e.